The van der Waals surface area contributed by atoms with Gasteiger partial charge in [-0.25, -0.2) is 0 Å². The first-order valence-corrected chi connectivity index (χ1v) is 9.23. The van der Waals surface area contributed by atoms with E-state index in [2.05, 4.69) is 10.2 Å². The molecule has 1 fully saturated rings. The molecule has 1 unspecified atom stereocenters. The molecule has 2 aromatic heterocycles. The van der Waals surface area contributed by atoms with Gasteiger partial charge in [0.05, 0.1) is 29.2 Å². The van der Waals surface area contributed by atoms with Crippen LogP contribution in [0.1, 0.15) is 27.9 Å². The van der Waals surface area contributed by atoms with Crippen molar-refractivity contribution in [3.05, 3.63) is 44.0 Å². The number of amides is 1. The fraction of sp³-hybridized carbons (Fsp3) is 0.438. The van der Waals surface area contributed by atoms with Crippen LogP contribution >= 0.6 is 34.5 Å². The van der Waals surface area contributed by atoms with Crippen LogP contribution in [0, 0.1) is 6.92 Å². The van der Waals surface area contributed by atoms with Gasteiger partial charge in [-0.1, -0.05) is 23.2 Å². The van der Waals surface area contributed by atoms with Gasteiger partial charge in [0.2, 0.25) is 0 Å². The molecule has 24 heavy (non-hydrogen) atoms. The molecule has 1 saturated heterocycles. The fourth-order valence-electron chi connectivity index (χ4n) is 2.71. The topological polar surface area (TPSA) is 54.7 Å². The summed E-state index contributed by atoms with van der Waals surface area (Å²) in [6.07, 6.45) is 0. The lowest BCUT2D eigenvalue weighted by Gasteiger charge is -2.33. The number of furan rings is 1. The van der Waals surface area contributed by atoms with Crippen LogP contribution in [0.5, 0.6) is 0 Å². The third kappa shape index (κ3) is 4.13. The Morgan fingerprint density at radius 2 is 2.12 bits per heavy atom. The van der Waals surface area contributed by atoms with E-state index < -0.39 is 0 Å². The van der Waals surface area contributed by atoms with Gasteiger partial charge in [-0.05, 0) is 25.1 Å². The van der Waals surface area contributed by atoms with E-state index in [4.69, 9.17) is 32.4 Å². The Bertz CT molecular complexity index is 710. The van der Waals surface area contributed by atoms with E-state index in [0.717, 1.165) is 24.6 Å². The molecule has 0 radical (unpaired) electrons. The highest BCUT2D eigenvalue weighted by Crippen LogP contribution is 2.31. The first-order chi connectivity index (χ1) is 11.5. The fourth-order valence-corrected chi connectivity index (χ4v) is 4.17. The Morgan fingerprint density at radius 1 is 1.38 bits per heavy atom. The number of nitrogens with zero attached hydrogens (tertiary/aromatic N) is 1. The van der Waals surface area contributed by atoms with Crippen molar-refractivity contribution in [1.29, 1.82) is 0 Å². The summed E-state index contributed by atoms with van der Waals surface area (Å²) >= 11 is 13.1. The average molecular weight is 389 g/mol. The number of aryl methyl sites for hydroxylation is 1. The highest BCUT2D eigenvalue weighted by atomic mass is 35.5. The summed E-state index contributed by atoms with van der Waals surface area (Å²) in [4.78, 5) is 14.6. The number of hydrogen-bond acceptors (Lipinski definition) is 5. The number of rotatable bonds is 5. The zero-order valence-electron chi connectivity index (χ0n) is 13.2. The van der Waals surface area contributed by atoms with E-state index in [1.807, 2.05) is 19.1 Å². The molecule has 0 aromatic carbocycles. The van der Waals surface area contributed by atoms with Crippen LogP contribution in [0.25, 0.3) is 0 Å². The molecule has 8 heteroatoms. The lowest BCUT2D eigenvalue weighted by atomic mass is 10.1. The van der Waals surface area contributed by atoms with Gasteiger partial charge in [-0.2, -0.15) is 0 Å². The molecule has 1 amide bonds. The molecular formula is C16H18Cl2N2O3S. The summed E-state index contributed by atoms with van der Waals surface area (Å²) in [5.41, 5.74) is 0.406. The molecule has 0 spiro atoms. The van der Waals surface area contributed by atoms with Crippen molar-refractivity contribution in [2.24, 2.45) is 0 Å². The molecule has 3 heterocycles. The number of nitrogens with one attached hydrogen (secondary N) is 1. The number of carbonyl (C=O) groups excluding carboxylic acids is 1. The Hall–Kier alpha value is -1.05. The van der Waals surface area contributed by atoms with Gasteiger partial charge in [0.15, 0.2) is 0 Å². The summed E-state index contributed by atoms with van der Waals surface area (Å²) in [6.45, 7) is 5.28. The first-order valence-electron chi connectivity index (χ1n) is 7.66. The van der Waals surface area contributed by atoms with Gasteiger partial charge in [-0.3, -0.25) is 9.69 Å². The number of hydrogen-bond donors (Lipinski definition) is 1. The molecule has 0 bridgehead atoms. The summed E-state index contributed by atoms with van der Waals surface area (Å²) in [5.74, 6) is 1.45. The molecule has 130 valence electrons. The molecular weight excluding hydrogens is 371 g/mol. The van der Waals surface area contributed by atoms with Gasteiger partial charge in [0.1, 0.15) is 15.9 Å². The summed E-state index contributed by atoms with van der Waals surface area (Å²) < 4.78 is 12.1. The van der Waals surface area contributed by atoms with Crippen molar-refractivity contribution in [2.45, 2.75) is 13.0 Å². The van der Waals surface area contributed by atoms with Crippen molar-refractivity contribution in [2.75, 3.05) is 32.8 Å². The molecule has 5 nitrogen and oxygen atoms in total. The second-order valence-corrected chi connectivity index (χ2v) is 7.85. The molecule has 1 aliphatic heterocycles. The number of morpholine rings is 1. The molecule has 3 rings (SSSR count). The first kappa shape index (κ1) is 17.8. The van der Waals surface area contributed by atoms with E-state index in [1.54, 1.807) is 6.07 Å². The smallest absolute Gasteiger partial charge is 0.253 e. The molecule has 1 atom stereocenters. The van der Waals surface area contributed by atoms with Gasteiger partial charge >= 0.3 is 0 Å². The van der Waals surface area contributed by atoms with Crippen LogP contribution in [0.4, 0.5) is 0 Å². The van der Waals surface area contributed by atoms with Crippen LogP contribution in [-0.4, -0.2) is 43.7 Å². The number of halogens is 2. The predicted octanol–water partition coefficient (Wildman–Crippen LogP) is 3.76. The van der Waals surface area contributed by atoms with Crippen LogP contribution in [0.3, 0.4) is 0 Å². The van der Waals surface area contributed by atoms with E-state index in [1.165, 1.54) is 11.3 Å². The lowest BCUT2D eigenvalue weighted by Crippen LogP contribution is -2.43. The monoisotopic (exact) mass is 388 g/mol. The quantitative estimate of drug-likeness (QED) is 0.846. The SMILES string of the molecule is Cc1ccc(C(CNC(=O)c2cc(Cl)sc2Cl)N2CCOCC2)o1. The van der Waals surface area contributed by atoms with Crippen LogP contribution in [0.2, 0.25) is 8.67 Å². The average Bonchev–Trinajstić information content (AvgIpc) is 3.14. The van der Waals surface area contributed by atoms with Crippen molar-refractivity contribution in [3.63, 3.8) is 0 Å². The molecule has 1 aliphatic rings. The second kappa shape index (κ2) is 7.89. The number of thiophene rings is 1. The number of carbonyl (C=O) groups is 1. The van der Waals surface area contributed by atoms with Crippen LogP contribution < -0.4 is 5.32 Å². The third-order valence-electron chi connectivity index (χ3n) is 3.93. The van der Waals surface area contributed by atoms with Crippen molar-refractivity contribution >= 4 is 40.4 Å². The maximum Gasteiger partial charge on any atom is 0.253 e. The van der Waals surface area contributed by atoms with Crippen molar-refractivity contribution < 1.29 is 13.9 Å². The third-order valence-corrected chi connectivity index (χ3v) is 5.42. The molecule has 2 aromatic rings. The van der Waals surface area contributed by atoms with Gasteiger partial charge in [0.25, 0.3) is 5.91 Å². The Balaban J connectivity index is 1.71. The van der Waals surface area contributed by atoms with E-state index >= 15 is 0 Å². The Kier molecular flexibility index (Phi) is 5.84. The summed E-state index contributed by atoms with van der Waals surface area (Å²) in [5, 5.41) is 2.94. The van der Waals surface area contributed by atoms with Crippen LogP contribution in [-0.2, 0) is 4.74 Å². The van der Waals surface area contributed by atoms with Crippen molar-refractivity contribution in [3.8, 4) is 0 Å². The minimum atomic E-state index is -0.232. The predicted molar refractivity (Wildman–Crippen MR) is 95.3 cm³/mol. The van der Waals surface area contributed by atoms with E-state index in [0.29, 0.717) is 34.0 Å². The van der Waals surface area contributed by atoms with Gasteiger partial charge in [-0.15, -0.1) is 11.3 Å². The highest BCUT2D eigenvalue weighted by Gasteiger charge is 2.26. The second-order valence-electron chi connectivity index (χ2n) is 5.56. The summed E-state index contributed by atoms with van der Waals surface area (Å²) in [7, 11) is 0. The van der Waals surface area contributed by atoms with Gasteiger partial charge < -0.3 is 14.5 Å². The maximum atomic E-state index is 12.4. The Morgan fingerprint density at radius 3 is 2.71 bits per heavy atom. The van der Waals surface area contributed by atoms with Crippen molar-refractivity contribution in [1.82, 2.24) is 10.2 Å². The zero-order valence-corrected chi connectivity index (χ0v) is 15.5. The highest BCUT2D eigenvalue weighted by molar-refractivity contribution is 7.20. The van der Waals surface area contributed by atoms with Crippen LogP contribution in [0.15, 0.2) is 22.6 Å². The normalized spacial score (nSPS) is 17.0. The zero-order chi connectivity index (χ0) is 17.1. The Labute approximate surface area is 154 Å². The molecule has 0 aliphatic carbocycles. The van der Waals surface area contributed by atoms with E-state index in [-0.39, 0.29) is 11.9 Å². The largest absolute Gasteiger partial charge is 0.465 e. The number of ether oxygens (including phenoxy) is 1. The van der Waals surface area contributed by atoms with E-state index in [9.17, 15) is 4.79 Å². The standard InChI is InChI=1S/C16H18Cl2N2O3S/c1-10-2-3-13(23-10)12(20-4-6-22-7-5-20)9-19-16(21)11-8-14(17)24-15(11)18/h2-3,8,12H,4-7,9H2,1H3,(H,19,21). The lowest BCUT2D eigenvalue weighted by molar-refractivity contribution is 0.0117. The minimum absolute atomic E-state index is 0.0422. The summed E-state index contributed by atoms with van der Waals surface area (Å²) in [6, 6.07) is 5.43. The molecule has 0 saturated carbocycles. The van der Waals surface area contributed by atoms with Gasteiger partial charge in [0, 0.05) is 19.6 Å². The minimum Gasteiger partial charge on any atom is -0.465 e. The maximum absolute atomic E-state index is 12.4. The molecule has 1 N–H and O–H groups in total.